The second-order valence-corrected chi connectivity index (χ2v) is 10.7. The van der Waals surface area contributed by atoms with Crippen LogP contribution in [-0.4, -0.2) is 71.7 Å². The molecule has 10 heteroatoms. The number of nitrogens with zero attached hydrogens (tertiary/aromatic N) is 4. The Hall–Kier alpha value is -4.01. The largest absolute Gasteiger partial charge is 0.494 e. The van der Waals surface area contributed by atoms with Crippen molar-refractivity contribution >= 4 is 11.1 Å². The molecule has 2 N–H and O–H groups in total. The van der Waals surface area contributed by atoms with Crippen molar-refractivity contribution in [1.29, 1.82) is 5.26 Å². The topological polar surface area (TPSA) is 134 Å². The summed E-state index contributed by atoms with van der Waals surface area (Å²) in [6.45, 7) is 5.71. The van der Waals surface area contributed by atoms with Crippen LogP contribution in [0.1, 0.15) is 55.5 Å². The van der Waals surface area contributed by atoms with Crippen LogP contribution in [0, 0.1) is 11.3 Å². The van der Waals surface area contributed by atoms with Crippen LogP contribution >= 0.6 is 0 Å². The number of hydrogen-bond donors (Lipinski definition) is 2. The molecule has 1 fully saturated rings. The average Bonchev–Trinajstić information content (AvgIpc) is 3.45. The van der Waals surface area contributed by atoms with Gasteiger partial charge in [-0.1, -0.05) is 19.9 Å². The first-order chi connectivity index (χ1) is 20.3. The molecule has 10 nitrogen and oxygen atoms in total. The van der Waals surface area contributed by atoms with Crippen molar-refractivity contribution in [2.75, 3.05) is 40.5 Å². The molecular weight excluding hydrogens is 536 g/mol. The summed E-state index contributed by atoms with van der Waals surface area (Å²) in [5.41, 5.74) is 5.32. The van der Waals surface area contributed by atoms with E-state index in [-0.39, 0.29) is 18.6 Å². The molecule has 1 saturated heterocycles. The summed E-state index contributed by atoms with van der Waals surface area (Å²) in [5, 5.41) is 29.9. The van der Waals surface area contributed by atoms with Gasteiger partial charge in [0.05, 0.1) is 32.5 Å². The number of nitriles is 1. The number of aliphatic hydroxyl groups excluding tert-OH is 2. The zero-order valence-electron chi connectivity index (χ0n) is 24.3. The fourth-order valence-corrected chi connectivity index (χ4v) is 5.17. The van der Waals surface area contributed by atoms with Gasteiger partial charge in [0.15, 0.2) is 11.3 Å². The lowest BCUT2D eigenvalue weighted by atomic mass is 9.92. The number of ether oxygens (including phenoxy) is 3. The summed E-state index contributed by atoms with van der Waals surface area (Å²) in [7, 11) is 3.24. The molecule has 4 aromatic rings. The molecule has 1 atom stereocenters. The van der Waals surface area contributed by atoms with E-state index in [0.717, 1.165) is 29.5 Å². The minimum absolute atomic E-state index is 0.0215. The van der Waals surface area contributed by atoms with Gasteiger partial charge in [-0.15, -0.1) is 0 Å². The third kappa shape index (κ3) is 5.96. The van der Waals surface area contributed by atoms with Crippen molar-refractivity contribution in [3.8, 4) is 40.1 Å². The Balaban J connectivity index is 1.56. The fourth-order valence-electron chi connectivity index (χ4n) is 5.17. The van der Waals surface area contributed by atoms with E-state index in [0.29, 0.717) is 64.9 Å². The summed E-state index contributed by atoms with van der Waals surface area (Å²) in [6, 6.07) is 11.5. The van der Waals surface area contributed by atoms with Crippen molar-refractivity contribution < 1.29 is 28.8 Å². The molecule has 4 heterocycles. The van der Waals surface area contributed by atoms with Crippen LogP contribution in [0.5, 0.6) is 11.5 Å². The lowest BCUT2D eigenvalue weighted by Gasteiger charge is -2.24. The van der Waals surface area contributed by atoms with Crippen molar-refractivity contribution in [2.45, 2.75) is 44.9 Å². The Labute approximate surface area is 245 Å². The van der Waals surface area contributed by atoms with E-state index < -0.39 is 6.23 Å². The number of furan rings is 1. The summed E-state index contributed by atoms with van der Waals surface area (Å²) in [5.74, 6) is 1.58. The van der Waals surface area contributed by atoms with E-state index >= 15 is 0 Å². The molecule has 5 rings (SSSR count). The van der Waals surface area contributed by atoms with Gasteiger partial charge in [0.25, 0.3) is 0 Å². The Kier molecular flexibility index (Phi) is 9.04. The number of rotatable bonds is 10. The SMILES string of the molecule is COc1cc(C(O)N(C)CCO)cnc1-c1cc2ncc(C(C)C)c(-c3ccc(OC4CCOCC4)c(C#N)c3)c2o1. The molecule has 0 radical (unpaired) electrons. The summed E-state index contributed by atoms with van der Waals surface area (Å²) >= 11 is 0. The quantitative estimate of drug-likeness (QED) is 0.249. The molecule has 0 spiro atoms. The maximum Gasteiger partial charge on any atom is 0.161 e. The van der Waals surface area contributed by atoms with Crippen LogP contribution < -0.4 is 9.47 Å². The fraction of sp³-hybridized carbons (Fsp3) is 0.406. The zero-order chi connectivity index (χ0) is 29.8. The van der Waals surface area contributed by atoms with Gasteiger partial charge in [0, 0.05) is 49.0 Å². The van der Waals surface area contributed by atoms with Gasteiger partial charge < -0.3 is 28.8 Å². The Morgan fingerprint density at radius 3 is 2.60 bits per heavy atom. The molecule has 0 aliphatic carbocycles. The maximum atomic E-state index is 10.7. The first-order valence-electron chi connectivity index (χ1n) is 14.1. The highest BCUT2D eigenvalue weighted by atomic mass is 16.5. The van der Waals surface area contributed by atoms with E-state index in [9.17, 15) is 15.5 Å². The second-order valence-electron chi connectivity index (χ2n) is 10.7. The molecule has 0 saturated carbocycles. The highest BCUT2D eigenvalue weighted by Gasteiger charge is 2.24. The number of aliphatic hydroxyl groups is 2. The predicted molar refractivity (Wildman–Crippen MR) is 157 cm³/mol. The number of pyridine rings is 2. The third-order valence-electron chi connectivity index (χ3n) is 7.54. The highest BCUT2D eigenvalue weighted by Crippen LogP contribution is 2.41. The maximum absolute atomic E-state index is 10.7. The van der Waals surface area contributed by atoms with Gasteiger partial charge in [-0.25, -0.2) is 4.98 Å². The molecule has 42 heavy (non-hydrogen) atoms. The molecule has 1 unspecified atom stereocenters. The average molecular weight is 573 g/mol. The minimum Gasteiger partial charge on any atom is -0.494 e. The molecule has 1 aromatic carbocycles. The van der Waals surface area contributed by atoms with E-state index in [4.69, 9.17) is 18.6 Å². The van der Waals surface area contributed by atoms with Gasteiger partial charge in [0.2, 0.25) is 0 Å². The van der Waals surface area contributed by atoms with Crippen LogP contribution in [0.4, 0.5) is 0 Å². The molecule has 220 valence electrons. The zero-order valence-corrected chi connectivity index (χ0v) is 24.3. The molecular formula is C32H36N4O6. The smallest absolute Gasteiger partial charge is 0.161 e. The van der Waals surface area contributed by atoms with Crippen molar-refractivity contribution in [1.82, 2.24) is 14.9 Å². The first-order valence-corrected chi connectivity index (χ1v) is 14.1. The van der Waals surface area contributed by atoms with Gasteiger partial charge in [-0.2, -0.15) is 5.26 Å². The number of likely N-dealkylation sites (N-methyl/N-ethyl adjacent to an activating group) is 1. The van der Waals surface area contributed by atoms with E-state index in [1.54, 1.807) is 24.2 Å². The van der Waals surface area contributed by atoms with E-state index in [1.165, 1.54) is 7.11 Å². The second kappa shape index (κ2) is 12.9. The number of fused-ring (bicyclic) bond motifs is 1. The van der Waals surface area contributed by atoms with Gasteiger partial charge in [-0.3, -0.25) is 9.88 Å². The van der Waals surface area contributed by atoms with Crippen molar-refractivity contribution in [3.63, 3.8) is 0 Å². The summed E-state index contributed by atoms with van der Waals surface area (Å²) in [6.07, 6.45) is 4.06. The Morgan fingerprint density at radius 2 is 1.90 bits per heavy atom. The number of aromatic nitrogens is 2. The summed E-state index contributed by atoms with van der Waals surface area (Å²) < 4.78 is 23.7. The normalized spacial score (nSPS) is 14.8. The third-order valence-corrected chi connectivity index (χ3v) is 7.54. The summed E-state index contributed by atoms with van der Waals surface area (Å²) in [4.78, 5) is 10.9. The van der Waals surface area contributed by atoms with E-state index in [2.05, 4.69) is 29.9 Å². The lowest BCUT2D eigenvalue weighted by molar-refractivity contribution is 0.0108. The van der Waals surface area contributed by atoms with Crippen LogP contribution in [0.15, 0.2) is 47.1 Å². The van der Waals surface area contributed by atoms with Crippen molar-refractivity contribution in [2.24, 2.45) is 0 Å². The van der Waals surface area contributed by atoms with Crippen LogP contribution in [0.3, 0.4) is 0 Å². The van der Waals surface area contributed by atoms with Crippen LogP contribution in [0.2, 0.25) is 0 Å². The number of methoxy groups -OCH3 is 1. The molecule has 1 aliphatic rings. The lowest BCUT2D eigenvalue weighted by Crippen LogP contribution is -2.27. The van der Waals surface area contributed by atoms with E-state index in [1.807, 2.05) is 30.5 Å². The minimum atomic E-state index is -0.960. The molecule has 1 aliphatic heterocycles. The highest BCUT2D eigenvalue weighted by molar-refractivity contribution is 5.95. The molecule has 0 amide bonds. The van der Waals surface area contributed by atoms with Gasteiger partial charge >= 0.3 is 0 Å². The number of hydrogen-bond acceptors (Lipinski definition) is 10. The Morgan fingerprint density at radius 1 is 1.12 bits per heavy atom. The molecule has 0 bridgehead atoms. The Bertz CT molecular complexity index is 1590. The first kappa shape index (κ1) is 29.5. The number of benzene rings is 1. The monoisotopic (exact) mass is 572 g/mol. The van der Waals surface area contributed by atoms with Gasteiger partial charge in [0.1, 0.15) is 41.1 Å². The van der Waals surface area contributed by atoms with Crippen molar-refractivity contribution in [3.05, 3.63) is 59.4 Å². The predicted octanol–water partition coefficient (Wildman–Crippen LogP) is 5.03. The van der Waals surface area contributed by atoms with Gasteiger partial charge in [-0.05, 0) is 42.3 Å². The van der Waals surface area contributed by atoms with Crippen LogP contribution in [-0.2, 0) is 4.74 Å². The van der Waals surface area contributed by atoms with Crippen LogP contribution in [0.25, 0.3) is 33.7 Å². The standard InChI is InChI=1S/C32H36N4O6/c1-19(2)24-18-34-25-15-28(30-27(39-4)14-22(17-35-30)32(38)36(3)9-10-37)42-31(25)29(24)20-5-6-26(21(13-20)16-33)41-23-7-11-40-12-8-23/h5-6,13-15,17-19,23,32,37-38H,7-12H2,1-4H3. The molecule has 3 aromatic heterocycles.